The van der Waals surface area contributed by atoms with Crippen LogP contribution >= 0.6 is 0 Å². The van der Waals surface area contributed by atoms with Crippen LogP contribution in [0.2, 0.25) is 0 Å². The summed E-state index contributed by atoms with van der Waals surface area (Å²) in [6, 6.07) is 23.0. The summed E-state index contributed by atoms with van der Waals surface area (Å²) in [4.78, 5) is 17.2. The first-order valence-corrected chi connectivity index (χ1v) is 8.58. The fourth-order valence-electron chi connectivity index (χ4n) is 3.00. The average molecular weight is 341 g/mol. The minimum absolute atomic E-state index is 0.0256. The van der Waals surface area contributed by atoms with Crippen molar-refractivity contribution in [1.29, 1.82) is 0 Å². The number of imidazole rings is 1. The molecule has 0 amide bonds. The molecule has 2 aromatic heterocycles. The van der Waals surface area contributed by atoms with Crippen LogP contribution in [0.4, 0.5) is 5.69 Å². The number of hydrogen-bond acceptors (Lipinski definition) is 3. The van der Waals surface area contributed by atoms with Crippen molar-refractivity contribution in [1.82, 2.24) is 9.38 Å². The number of carbonyl (C=O) groups is 1. The Morgan fingerprint density at radius 3 is 2.54 bits per heavy atom. The van der Waals surface area contributed by atoms with Gasteiger partial charge in [0.15, 0.2) is 5.78 Å². The van der Waals surface area contributed by atoms with Crippen molar-refractivity contribution < 1.29 is 4.79 Å². The number of benzene rings is 2. The molecule has 0 unspecified atom stereocenters. The van der Waals surface area contributed by atoms with Gasteiger partial charge in [0.05, 0.1) is 12.2 Å². The predicted molar refractivity (Wildman–Crippen MR) is 104 cm³/mol. The first-order valence-electron chi connectivity index (χ1n) is 8.58. The van der Waals surface area contributed by atoms with Crippen molar-refractivity contribution in [2.75, 3.05) is 5.32 Å². The second-order valence-electron chi connectivity index (χ2n) is 6.26. The molecule has 0 radical (unpaired) electrons. The molecule has 0 fully saturated rings. The van der Waals surface area contributed by atoms with Crippen LogP contribution in [0.25, 0.3) is 5.65 Å². The fourth-order valence-corrected chi connectivity index (χ4v) is 3.00. The molecule has 4 rings (SSSR count). The van der Waals surface area contributed by atoms with Gasteiger partial charge >= 0.3 is 0 Å². The zero-order chi connectivity index (χ0) is 17.9. The van der Waals surface area contributed by atoms with E-state index >= 15 is 0 Å². The molecule has 26 heavy (non-hydrogen) atoms. The minimum atomic E-state index is 0.0256. The van der Waals surface area contributed by atoms with E-state index in [4.69, 9.17) is 0 Å². The normalized spacial score (nSPS) is 10.8. The van der Waals surface area contributed by atoms with Crippen molar-refractivity contribution in [3.05, 3.63) is 102 Å². The van der Waals surface area contributed by atoms with Gasteiger partial charge in [-0.2, -0.15) is 0 Å². The lowest BCUT2D eigenvalue weighted by atomic mass is 10.0. The number of nitrogens with zero attached hydrogens (tertiary/aromatic N) is 2. The van der Waals surface area contributed by atoms with Gasteiger partial charge in [-0.25, -0.2) is 4.98 Å². The van der Waals surface area contributed by atoms with Crippen molar-refractivity contribution >= 4 is 17.1 Å². The number of carbonyl (C=O) groups excluding carboxylic acids is 1. The summed E-state index contributed by atoms with van der Waals surface area (Å²) in [7, 11) is 0. The molecule has 2 aromatic carbocycles. The number of pyridine rings is 1. The van der Waals surface area contributed by atoms with Gasteiger partial charge < -0.3 is 9.72 Å². The molecule has 0 spiro atoms. The molecule has 0 bridgehead atoms. The molecule has 128 valence electrons. The van der Waals surface area contributed by atoms with Crippen molar-refractivity contribution in [2.24, 2.45) is 0 Å². The van der Waals surface area contributed by atoms with E-state index < -0.39 is 0 Å². The van der Waals surface area contributed by atoms with E-state index in [1.807, 2.05) is 72.9 Å². The maximum atomic E-state index is 12.6. The highest BCUT2D eigenvalue weighted by Crippen LogP contribution is 2.16. The molecule has 4 aromatic rings. The van der Waals surface area contributed by atoms with Crippen LogP contribution in [0.15, 0.2) is 79.0 Å². The average Bonchev–Trinajstić information content (AvgIpc) is 3.11. The Hall–Kier alpha value is -3.40. The van der Waals surface area contributed by atoms with Crippen LogP contribution in [0.3, 0.4) is 0 Å². The van der Waals surface area contributed by atoms with Crippen LogP contribution in [0.5, 0.6) is 0 Å². The maximum absolute atomic E-state index is 12.6. The second-order valence-corrected chi connectivity index (χ2v) is 6.26. The first kappa shape index (κ1) is 16.1. The van der Waals surface area contributed by atoms with E-state index in [0.717, 1.165) is 22.7 Å². The Labute approximate surface area is 152 Å². The SMILES string of the molecule is Cc1cccc2nc(CNc3cccc(C(=O)c4ccccc4)c3)cn12. The Morgan fingerprint density at radius 2 is 1.73 bits per heavy atom. The highest BCUT2D eigenvalue weighted by atomic mass is 16.1. The van der Waals surface area contributed by atoms with Crippen LogP contribution in [0.1, 0.15) is 27.3 Å². The molecule has 0 saturated carbocycles. The summed E-state index contributed by atoms with van der Waals surface area (Å²) in [5, 5.41) is 3.36. The third-order valence-electron chi connectivity index (χ3n) is 4.38. The number of rotatable bonds is 5. The highest BCUT2D eigenvalue weighted by Gasteiger charge is 2.09. The van der Waals surface area contributed by atoms with E-state index in [1.165, 1.54) is 0 Å². The van der Waals surface area contributed by atoms with Crippen molar-refractivity contribution in [3.8, 4) is 0 Å². The molecular weight excluding hydrogens is 322 g/mol. The summed E-state index contributed by atoms with van der Waals surface area (Å²) in [5.74, 6) is 0.0256. The van der Waals surface area contributed by atoms with E-state index in [9.17, 15) is 4.79 Å². The lowest BCUT2D eigenvalue weighted by molar-refractivity contribution is 0.103. The lowest BCUT2D eigenvalue weighted by Gasteiger charge is -2.07. The topological polar surface area (TPSA) is 46.4 Å². The van der Waals surface area contributed by atoms with Crippen molar-refractivity contribution in [3.63, 3.8) is 0 Å². The van der Waals surface area contributed by atoms with E-state index in [-0.39, 0.29) is 5.78 Å². The van der Waals surface area contributed by atoms with E-state index in [0.29, 0.717) is 17.7 Å². The van der Waals surface area contributed by atoms with Gasteiger partial charge in [-0.05, 0) is 31.2 Å². The monoisotopic (exact) mass is 341 g/mol. The number of nitrogens with one attached hydrogen (secondary N) is 1. The van der Waals surface area contributed by atoms with E-state index in [2.05, 4.69) is 27.7 Å². The Balaban J connectivity index is 1.52. The Kier molecular flexibility index (Phi) is 4.23. The minimum Gasteiger partial charge on any atom is -0.379 e. The summed E-state index contributed by atoms with van der Waals surface area (Å²) in [6.07, 6.45) is 2.04. The molecule has 0 atom stereocenters. The molecule has 0 aliphatic rings. The highest BCUT2D eigenvalue weighted by molar-refractivity contribution is 6.09. The zero-order valence-electron chi connectivity index (χ0n) is 14.5. The third-order valence-corrected chi connectivity index (χ3v) is 4.38. The van der Waals surface area contributed by atoms with E-state index in [1.54, 1.807) is 0 Å². The molecule has 0 aliphatic heterocycles. The number of anilines is 1. The lowest BCUT2D eigenvalue weighted by Crippen LogP contribution is -2.04. The van der Waals surface area contributed by atoms with Gasteiger partial charge in [0.1, 0.15) is 5.65 Å². The predicted octanol–water partition coefficient (Wildman–Crippen LogP) is 4.49. The maximum Gasteiger partial charge on any atom is 0.193 e. The van der Waals surface area contributed by atoms with Crippen molar-refractivity contribution in [2.45, 2.75) is 13.5 Å². The quantitative estimate of drug-likeness (QED) is 0.544. The molecule has 4 nitrogen and oxygen atoms in total. The summed E-state index contributed by atoms with van der Waals surface area (Å²) < 4.78 is 2.08. The van der Waals surface area contributed by atoms with Crippen LogP contribution in [-0.4, -0.2) is 15.2 Å². The number of aryl methyl sites for hydroxylation is 1. The van der Waals surface area contributed by atoms with Gasteiger partial charge in [0.2, 0.25) is 0 Å². The molecular formula is C22H19N3O. The number of ketones is 1. The van der Waals surface area contributed by atoms with Gasteiger partial charge in [0.25, 0.3) is 0 Å². The van der Waals surface area contributed by atoms with Gasteiger partial charge in [-0.1, -0.05) is 48.5 Å². The number of hydrogen-bond donors (Lipinski definition) is 1. The smallest absolute Gasteiger partial charge is 0.193 e. The molecule has 0 aliphatic carbocycles. The van der Waals surface area contributed by atoms with Gasteiger partial charge in [-0.15, -0.1) is 0 Å². The molecule has 1 N–H and O–H groups in total. The molecule has 4 heteroatoms. The summed E-state index contributed by atoms with van der Waals surface area (Å²) >= 11 is 0. The fraction of sp³-hybridized carbons (Fsp3) is 0.0909. The standard InChI is InChI=1S/C22H19N3O/c1-16-7-5-12-21-24-20(15-25(16)21)14-23-19-11-6-10-18(13-19)22(26)17-8-3-2-4-9-17/h2-13,15,23H,14H2,1H3. The Morgan fingerprint density at radius 1 is 0.962 bits per heavy atom. The number of aromatic nitrogens is 2. The van der Waals surface area contributed by atoms with Gasteiger partial charge in [-0.3, -0.25) is 4.79 Å². The second kappa shape index (κ2) is 6.84. The van der Waals surface area contributed by atoms with Gasteiger partial charge in [0, 0.05) is 28.7 Å². The molecule has 0 saturated heterocycles. The first-order chi connectivity index (χ1) is 12.7. The number of fused-ring (bicyclic) bond motifs is 1. The third kappa shape index (κ3) is 3.22. The largest absolute Gasteiger partial charge is 0.379 e. The summed E-state index contributed by atoms with van der Waals surface area (Å²) in [5.41, 5.74) is 5.32. The van der Waals surface area contributed by atoms with Crippen LogP contribution in [0, 0.1) is 6.92 Å². The van der Waals surface area contributed by atoms with Crippen LogP contribution in [-0.2, 0) is 6.54 Å². The summed E-state index contributed by atoms with van der Waals surface area (Å²) in [6.45, 7) is 2.66. The van der Waals surface area contributed by atoms with Crippen LogP contribution < -0.4 is 5.32 Å². The Bertz CT molecular complexity index is 1070. The molecule has 2 heterocycles. The zero-order valence-corrected chi connectivity index (χ0v) is 14.5.